The van der Waals surface area contributed by atoms with Crippen molar-refractivity contribution < 1.29 is 14.6 Å². The quantitative estimate of drug-likeness (QED) is 0.394. The zero-order valence-electron chi connectivity index (χ0n) is 7.96. The van der Waals surface area contributed by atoms with Gasteiger partial charge in [0.05, 0.1) is 6.61 Å². The average molecular weight is 209 g/mol. The van der Waals surface area contributed by atoms with Crippen molar-refractivity contribution in [1.29, 1.82) is 0 Å². The lowest BCUT2D eigenvalue weighted by Crippen LogP contribution is -2.19. The summed E-state index contributed by atoms with van der Waals surface area (Å²) in [5, 5.41) is 8.77. The standard InChI is InChI=1S/C9H17ClO3/c1-8(11)9(12)13-7-5-3-2-4-6-10/h8,11H,2-7H2,1H3. The molecular formula is C9H17ClO3. The number of aliphatic hydroxyl groups excluding tert-OH is 1. The van der Waals surface area contributed by atoms with E-state index in [9.17, 15) is 4.79 Å². The minimum Gasteiger partial charge on any atom is -0.464 e. The van der Waals surface area contributed by atoms with Gasteiger partial charge >= 0.3 is 5.97 Å². The number of alkyl halides is 1. The molecule has 0 saturated carbocycles. The largest absolute Gasteiger partial charge is 0.464 e. The first-order valence-corrected chi connectivity index (χ1v) is 5.12. The molecule has 0 rings (SSSR count). The van der Waals surface area contributed by atoms with Gasteiger partial charge in [-0.05, 0) is 19.8 Å². The van der Waals surface area contributed by atoms with E-state index in [1.807, 2.05) is 0 Å². The second-order valence-electron chi connectivity index (χ2n) is 2.95. The zero-order chi connectivity index (χ0) is 10.1. The Labute approximate surface area is 84.0 Å². The van der Waals surface area contributed by atoms with Crippen molar-refractivity contribution in [3.8, 4) is 0 Å². The second kappa shape index (κ2) is 8.32. The van der Waals surface area contributed by atoms with Gasteiger partial charge in [-0.1, -0.05) is 12.8 Å². The minimum absolute atomic E-state index is 0.395. The van der Waals surface area contributed by atoms with Gasteiger partial charge in [0.2, 0.25) is 0 Å². The highest BCUT2D eigenvalue weighted by molar-refractivity contribution is 6.17. The van der Waals surface area contributed by atoms with Crippen LogP contribution in [0.5, 0.6) is 0 Å². The molecule has 4 heteroatoms. The van der Waals surface area contributed by atoms with Crippen molar-refractivity contribution in [1.82, 2.24) is 0 Å². The van der Waals surface area contributed by atoms with Crippen LogP contribution in [0.2, 0.25) is 0 Å². The van der Waals surface area contributed by atoms with E-state index in [-0.39, 0.29) is 0 Å². The summed E-state index contributed by atoms with van der Waals surface area (Å²) in [6.07, 6.45) is 2.92. The molecule has 0 aromatic rings. The number of hydrogen-bond donors (Lipinski definition) is 1. The number of hydrogen-bond acceptors (Lipinski definition) is 3. The Morgan fingerprint density at radius 2 is 2.00 bits per heavy atom. The summed E-state index contributed by atoms with van der Waals surface area (Å²) >= 11 is 5.49. The van der Waals surface area contributed by atoms with Crippen LogP contribution in [-0.4, -0.2) is 29.7 Å². The Bertz CT molecular complexity index is 137. The molecule has 0 heterocycles. The summed E-state index contributed by atoms with van der Waals surface area (Å²) in [6.45, 7) is 1.79. The number of halogens is 1. The highest BCUT2D eigenvalue weighted by Gasteiger charge is 2.08. The highest BCUT2D eigenvalue weighted by Crippen LogP contribution is 2.01. The smallest absolute Gasteiger partial charge is 0.334 e. The molecule has 0 fully saturated rings. The van der Waals surface area contributed by atoms with Gasteiger partial charge in [0.1, 0.15) is 6.10 Å². The van der Waals surface area contributed by atoms with Crippen LogP contribution in [-0.2, 0) is 9.53 Å². The molecule has 0 amide bonds. The van der Waals surface area contributed by atoms with Crippen molar-refractivity contribution in [2.24, 2.45) is 0 Å². The van der Waals surface area contributed by atoms with Gasteiger partial charge in [-0.3, -0.25) is 0 Å². The Balaban J connectivity index is 3.12. The molecule has 0 aromatic carbocycles. The zero-order valence-corrected chi connectivity index (χ0v) is 8.72. The van der Waals surface area contributed by atoms with Gasteiger partial charge in [0.25, 0.3) is 0 Å². The summed E-state index contributed by atoms with van der Waals surface area (Å²) in [5.74, 6) is 0.144. The van der Waals surface area contributed by atoms with Crippen LogP contribution in [0.15, 0.2) is 0 Å². The average Bonchev–Trinajstić information content (AvgIpc) is 2.10. The van der Waals surface area contributed by atoms with E-state index >= 15 is 0 Å². The van der Waals surface area contributed by atoms with Crippen LogP contribution in [0.25, 0.3) is 0 Å². The molecule has 0 aliphatic heterocycles. The lowest BCUT2D eigenvalue weighted by atomic mass is 10.2. The first kappa shape index (κ1) is 12.7. The molecule has 1 unspecified atom stereocenters. The molecule has 0 bridgehead atoms. The summed E-state index contributed by atoms with van der Waals surface area (Å²) in [4.78, 5) is 10.7. The van der Waals surface area contributed by atoms with Crippen molar-refractivity contribution in [2.75, 3.05) is 12.5 Å². The van der Waals surface area contributed by atoms with E-state index in [0.717, 1.165) is 25.7 Å². The van der Waals surface area contributed by atoms with Crippen LogP contribution >= 0.6 is 11.6 Å². The van der Waals surface area contributed by atoms with Gasteiger partial charge in [-0.15, -0.1) is 11.6 Å². The molecular weight excluding hydrogens is 192 g/mol. The Morgan fingerprint density at radius 3 is 2.54 bits per heavy atom. The first-order valence-electron chi connectivity index (χ1n) is 4.59. The van der Waals surface area contributed by atoms with Crippen molar-refractivity contribution in [3.63, 3.8) is 0 Å². The fraction of sp³-hybridized carbons (Fsp3) is 0.889. The topological polar surface area (TPSA) is 46.5 Å². The number of rotatable bonds is 7. The predicted molar refractivity (Wildman–Crippen MR) is 51.8 cm³/mol. The van der Waals surface area contributed by atoms with E-state index in [4.69, 9.17) is 21.4 Å². The number of unbranched alkanes of at least 4 members (excludes halogenated alkanes) is 3. The lowest BCUT2D eigenvalue weighted by molar-refractivity contribution is -0.152. The van der Waals surface area contributed by atoms with E-state index in [2.05, 4.69) is 0 Å². The molecule has 0 saturated heterocycles. The number of carbonyl (C=O) groups excluding carboxylic acids is 1. The first-order chi connectivity index (χ1) is 6.18. The van der Waals surface area contributed by atoms with Gasteiger partial charge in [-0.25, -0.2) is 4.79 Å². The molecule has 1 atom stereocenters. The summed E-state index contributed by atoms with van der Waals surface area (Å²) < 4.78 is 4.76. The number of carbonyl (C=O) groups is 1. The molecule has 0 aliphatic rings. The molecule has 13 heavy (non-hydrogen) atoms. The third kappa shape index (κ3) is 8.06. The monoisotopic (exact) mass is 208 g/mol. The van der Waals surface area contributed by atoms with Crippen LogP contribution in [0.4, 0.5) is 0 Å². The third-order valence-electron chi connectivity index (χ3n) is 1.61. The van der Waals surface area contributed by atoms with Crippen molar-refractivity contribution in [2.45, 2.75) is 38.7 Å². The Morgan fingerprint density at radius 1 is 1.38 bits per heavy atom. The molecule has 1 N–H and O–H groups in total. The lowest BCUT2D eigenvalue weighted by Gasteiger charge is -2.05. The predicted octanol–water partition coefficient (Wildman–Crippen LogP) is 1.71. The fourth-order valence-corrected chi connectivity index (χ4v) is 1.03. The van der Waals surface area contributed by atoms with Crippen molar-refractivity contribution >= 4 is 17.6 Å². The van der Waals surface area contributed by atoms with Crippen LogP contribution in [0.1, 0.15) is 32.6 Å². The summed E-state index contributed by atoms with van der Waals surface area (Å²) in [6, 6.07) is 0. The summed E-state index contributed by atoms with van der Waals surface area (Å²) in [7, 11) is 0. The third-order valence-corrected chi connectivity index (χ3v) is 1.88. The maximum Gasteiger partial charge on any atom is 0.334 e. The van der Waals surface area contributed by atoms with E-state index in [1.54, 1.807) is 0 Å². The molecule has 78 valence electrons. The van der Waals surface area contributed by atoms with E-state index < -0.39 is 12.1 Å². The van der Waals surface area contributed by atoms with E-state index in [0.29, 0.717) is 12.5 Å². The van der Waals surface area contributed by atoms with Crippen LogP contribution < -0.4 is 0 Å². The molecule has 0 radical (unpaired) electrons. The number of aliphatic hydroxyl groups is 1. The van der Waals surface area contributed by atoms with Crippen LogP contribution in [0, 0.1) is 0 Å². The van der Waals surface area contributed by atoms with Crippen molar-refractivity contribution in [3.05, 3.63) is 0 Å². The minimum atomic E-state index is -1.01. The maximum absolute atomic E-state index is 10.7. The van der Waals surface area contributed by atoms with Gasteiger partial charge in [0, 0.05) is 5.88 Å². The molecule has 0 spiro atoms. The van der Waals surface area contributed by atoms with Gasteiger partial charge in [0.15, 0.2) is 0 Å². The van der Waals surface area contributed by atoms with Gasteiger partial charge in [-0.2, -0.15) is 0 Å². The molecule has 3 nitrogen and oxygen atoms in total. The normalized spacial score (nSPS) is 12.5. The number of ether oxygens (including phenoxy) is 1. The van der Waals surface area contributed by atoms with Crippen LogP contribution in [0.3, 0.4) is 0 Å². The summed E-state index contributed by atoms with van der Waals surface area (Å²) in [5.41, 5.74) is 0. The fourth-order valence-electron chi connectivity index (χ4n) is 0.843. The SMILES string of the molecule is CC(O)C(=O)OCCCCCCCl. The van der Waals surface area contributed by atoms with E-state index in [1.165, 1.54) is 6.92 Å². The molecule has 0 aliphatic carbocycles. The number of esters is 1. The highest BCUT2D eigenvalue weighted by atomic mass is 35.5. The van der Waals surface area contributed by atoms with Gasteiger partial charge < -0.3 is 9.84 Å². The Kier molecular flexibility index (Phi) is 8.14. The second-order valence-corrected chi connectivity index (χ2v) is 3.32. The molecule has 0 aromatic heterocycles. The maximum atomic E-state index is 10.7. The Hall–Kier alpha value is -0.280.